The third-order valence-electron chi connectivity index (χ3n) is 0.539. The molecule has 0 aliphatic carbocycles. The fourth-order valence-corrected chi connectivity index (χ4v) is 0.359. The Labute approximate surface area is 56.4 Å². The molecule has 0 N–H and O–H groups in total. The van der Waals surface area contributed by atoms with Gasteiger partial charge < -0.3 is 4.74 Å². The minimum absolute atomic E-state index is 0.666. The lowest BCUT2D eigenvalue weighted by molar-refractivity contribution is -0.250. The van der Waals surface area contributed by atoms with Crippen molar-refractivity contribution in [1.82, 2.24) is 0 Å². The highest BCUT2D eigenvalue weighted by Crippen LogP contribution is 2.18. The maximum Gasteiger partial charge on any atom is 0.437 e. The van der Waals surface area contributed by atoms with Crippen molar-refractivity contribution in [2.75, 3.05) is 0 Å². The highest BCUT2D eigenvalue weighted by Gasteiger charge is 2.29. The van der Waals surface area contributed by atoms with E-state index in [1.165, 1.54) is 13.8 Å². The van der Waals surface area contributed by atoms with Crippen LogP contribution >= 0.6 is 0 Å². The van der Waals surface area contributed by atoms with Gasteiger partial charge in [0.1, 0.15) is 0 Å². The van der Waals surface area contributed by atoms with Crippen LogP contribution in [0.25, 0.3) is 10.4 Å². The Kier molecular flexibility index (Phi) is 3.05. The van der Waals surface area contributed by atoms with Crippen LogP contribution in [0.1, 0.15) is 13.8 Å². The smallest absolute Gasteiger partial charge is 0.313 e. The first-order valence-corrected chi connectivity index (χ1v) is 2.60. The molecule has 0 saturated heterocycles. The monoisotopic (exact) mass is 151 g/mol. The Morgan fingerprint density at radius 2 is 2.10 bits per heavy atom. The molecule has 0 bridgehead atoms. The summed E-state index contributed by atoms with van der Waals surface area (Å²) in [6.45, 7) is 2.83. The molecule has 6 heteroatoms. The Bertz CT molecular complexity index is 153. The molecule has 0 aromatic carbocycles. The number of hydrogen-bond donors (Lipinski definition) is 0. The number of azide groups is 1. The van der Waals surface area contributed by atoms with E-state index in [-0.39, 0.29) is 0 Å². The summed E-state index contributed by atoms with van der Waals surface area (Å²) in [7, 11) is 0. The topological polar surface area (TPSA) is 58.0 Å². The lowest BCUT2D eigenvalue weighted by atomic mass is 10.5. The summed E-state index contributed by atoms with van der Waals surface area (Å²) < 4.78 is 28.0. The van der Waals surface area contributed by atoms with Crippen LogP contribution in [0.2, 0.25) is 0 Å². The number of nitrogens with zero attached hydrogens (tertiary/aromatic N) is 3. The molecule has 0 saturated carbocycles. The van der Waals surface area contributed by atoms with E-state index in [4.69, 9.17) is 5.53 Å². The highest BCUT2D eigenvalue weighted by molar-refractivity contribution is 4.51. The third-order valence-corrected chi connectivity index (χ3v) is 0.539. The summed E-state index contributed by atoms with van der Waals surface area (Å²) in [5.41, 5.74) is 7.61. The zero-order valence-electron chi connectivity index (χ0n) is 5.58. The van der Waals surface area contributed by atoms with Crippen LogP contribution in [0.5, 0.6) is 0 Å². The minimum Gasteiger partial charge on any atom is -0.313 e. The van der Waals surface area contributed by atoms with Crippen molar-refractivity contribution in [3.8, 4) is 0 Å². The van der Waals surface area contributed by atoms with Crippen LogP contribution in [0.15, 0.2) is 5.11 Å². The number of hydrogen-bond acceptors (Lipinski definition) is 2. The quantitative estimate of drug-likeness (QED) is 0.264. The number of ether oxygens (including phenoxy) is 1. The van der Waals surface area contributed by atoms with E-state index in [9.17, 15) is 8.78 Å². The number of halogens is 2. The van der Waals surface area contributed by atoms with Crippen molar-refractivity contribution < 1.29 is 13.5 Å². The molecule has 0 amide bonds. The summed E-state index contributed by atoms with van der Waals surface area (Å²) in [4.78, 5) is 1.91. The molecular formula is C4H7F2N3O. The van der Waals surface area contributed by atoms with Crippen molar-refractivity contribution in [1.29, 1.82) is 0 Å². The second-order valence-electron chi connectivity index (χ2n) is 1.84. The van der Waals surface area contributed by atoms with E-state index >= 15 is 0 Å². The third kappa shape index (κ3) is 4.05. The van der Waals surface area contributed by atoms with Gasteiger partial charge in [-0.25, -0.2) is 0 Å². The van der Waals surface area contributed by atoms with Gasteiger partial charge in [-0.15, -0.1) is 0 Å². The summed E-state index contributed by atoms with van der Waals surface area (Å²) in [5, 5.41) is 2.12. The van der Waals surface area contributed by atoms with E-state index in [0.29, 0.717) is 0 Å². The van der Waals surface area contributed by atoms with Gasteiger partial charge >= 0.3 is 6.23 Å². The first kappa shape index (κ1) is 9.13. The lowest BCUT2D eigenvalue weighted by Gasteiger charge is -2.12. The van der Waals surface area contributed by atoms with Gasteiger partial charge in [0.2, 0.25) is 0 Å². The Morgan fingerprint density at radius 1 is 1.60 bits per heavy atom. The average molecular weight is 151 g/mol. The van der Waals surface area contributed by atoms with Crippen molar-refractivity contribution in [3.05, 3.63) is 10.4 Å². The van der Waals surface area contributed by atoms with Crippen molar-refractivity contribution >= 4 is 0 Å². The Hall–Kier alpha value is -0.870. The second kappa shape index (κ2) is 3.34. The van der Waals surface area contributed by atoms with E-state index in [1.807, 2.05) is 4.91 Å². The van der Waals surface area contributed by atoms with Gasteiger partial charge in [-0.2, -0.15) is 8.78 Å². The molecular weight excluding hydrogens is 144 g/mol. The molecule has 10 heavy (non-hydrogen) atoms. The molecule has 0 spiro atoms. The van der Waals surface area contributed by atoms with Crippen molar-refractivity contribution in [2.45, 2.75) is 26.2 Å². The second-order valence-corrected chi connectivity index (χ2v) is 1.84. The zero-order chi connectivity index (χ0) is 8.20. The van der Waals surface area contributed by atoms with Gasteiger partial charge in [-0.05, 0) is 19.4 Å². The molecule has 58 valence electrons. The maximum absolute atomic E-state index is 12.0. The zero-order valence-corrected chi connectivity index (χ0v) is 5.58. The molecule has 0 aliphatic heterocycles. The van der Waals surface area contributed by atoms with Crippen LogP contribution in [0.4, 0.5) is 8.78 Å². The van der Waals surface area contributed by atoms with Gasteiger partial charge in [0.15, 0.2) is 0 Å². The fraction of sp³-hybridized carbons (Fsp3) is 1.00. The minimum atomic E-state index is -3.72. The highest BCUT2D eigenvalue weighted by atomic mass is 19.3. The van der Waals surface area contributed by atoms with Crippen LogP contribution in [-0.2, 0) is 4.74 Å². The normalized spacial score (nSPS) is 11.3. The molecule has 0 atom stereocenters. The first-order chi connectivity index (χ1) is 4.48. The van der Waals surface area contributed by atoms with Gasteiger partial charge in [0.05, 0.1) is 6.10 Å². The van der Waals surface area contributed by atoms with E-state index in [2.05, 4.69) is 9.85 Å². The van der Waals surface area contributed by atoms with Gasteiger partial charge in [-0.1, -0.05) is 0 Å². The molecule has 0 aromatic heterocycles. The lowest BCUT2D eigenvalue weighted by Crippen LogP contribution is -2.21. The van der Waals surface area contributed by atoms with Gasteiger partial charge in [0, 0.05) is 10.0 Å². The average Bonchev–Trinajstić information content (AvgIpc) is 1.59. The molecule has 0 aliphatic rings. The largest absolute Gasteiger partial charge is 0.437 e. The molecule has 0 aromatic rings. The fourth-order valence-electron chi connectivity index (χ4n) is 0.359. The Balaban J connectivity index is 3.98. The van der Waals surface area contributed by atoms with E-state index in [0.717, 1.165) is 0 Å². The van der Waals surface area contributed by atoms with Crippen LogP contribution < -0.4 is 0 Å². The molecule has 0 radical (unpaired) electrons. The summed E-state index contributed by atoms with van der Waals surface area (Å²) in [5.74, 6) is 0. The molecule has 0 rings (SSSR count). The van der Waals surface area contributed by atoms with Crippen LogP contribution in [0.3, 0.4) is 0 Å². The van der Waals surface area contributed by atoms with Gasteiger partial charge in [0.25, 0.3) is 0 Å². The van der Waals surface area contributed by atoms with E-state index in [1.54, 1.807) is 0 Å². The summed E-state index contributed by atoms with van der Waals surface area (Å²) >= 11 is 0. The molecule has 0 heterocycles. The standard InChI is InChI=1S/C4H7F2N3O/c1-3(2)10-4(5,6)8-9-7/h3H,1-2H3. The van der Waals surface area contributed by atoms with Crippen LogP contribution in [0, 0.1) is 0 Å². The van der Waals surface area contributed by atoms with E-state index < -0.39 is 12.3 Å². The molecule has 0 unspecified atom stereocenters. The number of rotatable bonds is 3. The summed E-state index contributed by atoms with van der Waals surface area (Å²) in [6.07, 6.45) is -4.39. The first-order valence-electron chi connectivity index (χ1n) is 2.60. The Morgan fingerprint density at radius 3 is 2.40 bits per heavy atom. The maximum atomic E-state index is 12.0. The SMILES string of the molecule is CC(C)OC(F)(F)N=[N+]=[N-]. The predicted octanol–water partition coefficient (Wildman–Crippen LogP) is 2.27. The van der Waals surface area contributed by atoms with Crippen molar-refractivity contribution in [2.24, 2.45) is 5.11 Å². The predicted molar refractivity (Wildman–Crippen MR) is 30.3 cm³/mol. The van der Waals surface area contributed by atoms with Crippen molar-refractivity contribution in [3.63, 3.8) is 0 Å². The molecule has 0 fully saturated rings. The van der Waals surface area contributed by atoms with Gasteiger partial charge in [-0.3, -0.25) is 0 Å². The molecule has 4 nitrogen and oxygen atoms in total. The van der Waals surface area contributed by atoms with Crippen LogP contribution in [-0.4, -0.2) is 12.3 Å². The summed E-state index contributed by atoms with van der Waals surface area (Å²) in [6, 6.07) is 0. The number of alkyl halides is 2.